The standard InChI is InChI=1S/C20H21ClN8O3/c21-14-2-3-16(29-11-23-25-26-29)12(6-14)8-22-19(31)18-15-7-13(15)9-28(18)20(32)17(30)10-27-5-1-4-24-27/h1-6,11,13,15,17-18,30H,7-10H2,(H,22,31)/t13-,15-,17+,18-/m0/s1. The predicted octanol–water partition coefficient (Wildman–Crippen LogP) is 0.0364. The fraction of sp³-hybridized carbons (Fsp3) is 0.400. The number of carbonyl (C=O) groups excluding carboxylic acids is 2. The first-order valence-corrected chi connectivity index (χ1v) is 10.6. The van der Waals surface area contributed by atoms with E-state index in [9.17, 15) is 14.7 Å². The summed E-state index contributed by atoms with van der Waals surface area (Å²) in [6, 6.07) is 6.35. The van der Waals surface area contributed by atoms with E-state index in [1.807, 2.05) is 0 Å². The number of piperidine rings is 1. The van der Waals surface area contributed by atoms with Gasteiger partial charge in [0, 0.05) is 30.5 Å². The lowest BCUT2D eigenvalue weighted by Crippen LogP contribution is -2.51. The Kier molecular flexibility index (Phi) is 5.35. The first-order valence-electron chi connectivity index (χ1n) is 10.3. The molecule has 12 heteroatoms. The molecule has 0 radical (unpaired) electrons. The minimum atomic E-state index is -1.26. The van der Waals surface area contributed by atoms with Gasteiger partial charge in [-0.25, -0.2) is 4.68 Å². The van der Waals surface area contributed by atoms with Crippen molar-refractivity contribution in [1.29, 1.82) is 0 Å². The number of benzene rings is 1. The van der Waals surface area contributed by atoms with Gasteiger partial charge in [0.25, 0.3) is 5.91 Å². The molecule has 5 rings (SSSR count). The molecule has 0 unspecified atom stereocenters. The van der Waals surface area contributed by atoms with Gasteiger partial charge in [0.15, 0.2) is 6.10 Å². The maximum absolute atomic E-state index is 13.1. The highest BCUT2D eigenvalue weighted by molar-refractivity contribution is 6.30. The lowest BCUT2D eigenvalue weighted by Gasteiger charge is -2.28. The van der Waals surface area contributed by atoms with Crippen LogP contribution in [-0.2, 0) is 22.7 Å². The smallest absolute Gasteiger partial charge is 0.254 e. The van der Waals surface area contributed by atoms with Crippen molar-refractivity contribution in [3.05, 3.63) is 53.6 Å². The molecule has 1 saturated carbocycles. The van der Waals surface area contributed by atoms with Gasteiger partial charge < -0.3 is 15.3 Å². The summed E-state index contributed by atoms with van der Waals surface area (Å²) in [5.74, 6) is -0.286. The Bertz CT molecular complexity index is 1120. The zero-order valence-electron chi connectivity index (χ0n) is 17.0. The van der Waals surface area contributed by atoms with E-state index in [0.29, 0.717) is 23.2 Å². The molecule has 1 saturated heterocycles. The lowest BCUT2D eigenvalue weighted by atomic mass is 10.1. The Labute approximate surface area is 188 Å². The predicted molar refractivity (Wildman–Crippen MR) is 111 cm³/mol. The first-order chi connectivity index (χ1) is 15.5. The second-order valence-corrected chi connectivity index (χ2v) is 8.52. The van der Waals surface area contributed by atoms with Crippen LogP contribution < -0.4 is 5.32 Å². The number of hydrogen-bond acceptors (Lipinski definition) is 7. The van der Waals surface area contributed by atoms with E-state index in [0.717, 1.165) is 12.0 Å². The Morgan fingerprint density at radius 3 is 2.97 bits per heavy atom. The number of nitrogens with zero attached hydrogens (tertiary/aromatic N) is 7. The van der Waals surface area contributed by atoms with Crippen molar-refractivity contribution in [3.8, 4) is 5.69 Å². The third kappa shape index (κ3) is 3.96. The van der Waals surface area contributed by atoms with Gasteiger partial charge >= 0.3 is 0 Å². The molecule has 1 aliphatic heterocycles. The van der Waals surface area contributed by atoms with Crippen LogP contribution in [0, 0.1) is 11.8 Å². The van der Waals surface area contributed by atoms with E-state index < -0.39 is 18.1 Å². The zero-order chi connectivity index (χ0) is 22.2. The number of halogens is 1. The molecule has 1 aliphatic carbocycles. The third-order valence-corrected chi connectivity index (χ3v) is 6.23. The molecule has 2 aliphatic rings. The highest BCUT2D eigenvalue weighted by Crippen LogP contribution is 2.49. The van der Waals surface area contributed by atoms with E-state index >= 15 is 0 Å². The van der Waals surface area contributed by atoms with Crippen LogP contribution in [0.1, 0.15) is 12.0 Å². The van der Waals surface area contributed by atoms with Crippen LogP contribution >= 0.6 is 11.6 Å². The molecular formula is C20H21ClN8O3. The van der Waals surface area contributed by atoms with Crippen LogP contribution in [0.2, 0.25) is 5.02 Å². The second kappa shape index (κ2) is 8.32. The van der Waals surface area contributed by atoms with Gasteiger partial charge in [-0.2, -0.15) is 5.10 Å². The molecule has 166 valence electrons. The summed E-state index contributed by atoms with van der Waals surface area (Å²) in [6.45, 7) is 0.717. The topological polar surface area (TPSA) is 131 Å². The van der Waals surface area contributed by atoms with E-state index in [1.165, 1.54) is 20.6 Å². The van der Waals surface area contributed by atoms with Crippen molar-refractivity contribution in [3.63, 3.8) is 0 Å². The van der Waals surface area contributed by atoms with E-state index in [-0.39, 0.29) is 24.9 Å². The Morgan fingerprint density at radius 1 is 1.34 bits per heavy atom. The van der Waals surface area contributed by atoms with Gasteiger partial charge in [-0.3, -0.25) is 14.3 Å². The summed E-state index contributed by atoms with van der Waals surface area (Å²) < 4.78 is 2.99. The average Bonchev–Trinajstić information content (AvgIpc) is 3.22. The number of carbonyl (C=O) groups is 2. The summed E-state index contributed by atoms with van der Waals surface area (Å²) in [4.78, 5) is 27.5. The van der Waals surface area contributed by atoms with E-state index in [2.05, 4.69) is 25.9 Å². The number of nitrogens with one attached hydrogen (secondary N) is 1. The maximum atomic E-state index is 13.1. The molecule has 3 aromatic rings. The largest absolute Gasteiger partial charge is 0.381 e. The van der Waals surface area contributed by atoms with Crippen molar-refractivity contribution in [2.45, 2.75) is 31.7 Å². The molecule has 2 amide bonds. The number of amides is 2. The van der Waals surface area contributed by atoms with Crippen LogP contribution in [0.25, 0.3) is 5.69 Å². The number of tetrazole rings is 1. The highest BCUT2D eigenvalue weighted by Gasteiger charge is 2.57. The molecule has 11 nitrogen and oxygen atoms in total. The van der Waals surface area contributed by atoms with Crippen LogP contribution in [0.15, 0.2) is 43.0 Å². The van der Waals surface area contributed by atoms with E-state index in [4.69, 9.17) is 11.6 Å². The SMILES string of the molecule is O=C(NCc1cc(Cl)ccc1-n1cnnn1)[C@@H]1[C@H]2C[C@H]2CN1C(=O)[C@H](O)Cn1cccn1. The summed E-state index contributed by atoms with van der Waals surface area (Å²) in [7, 11) is 0. The summed E-state index contributed by atoms with van der Waals surface area (Å²) >= 11 is 6.15. The quantitative estimate of drug-likeness (QED) is 0.513. The van der Waals surface area contributed by atoms with Gasteiger partial charge in [0.2, 0.25) is 5.91 Å². The minimum Gasteiger partial charge on any atom is -0.381 e. The van der Waals surface area contributed by atoms with E-state index in [1.54, 1.807) is 36.7 Å². The number of hydrogen-bond donors (Lipinski definition) is 2. The minimum absolute atomic E-state index is 0.0455. The van der Waals surface area contributed by atoms with Gasteiger partial charge in [-0.15, -0.1) is 5.10 Å². The van der Waals surface area contributed by atoms with Crippen molar-refractivity contribution >= 4 is 23.4 Å². The van der Waals surface area contributed by atoms with Crippen LogP contribution in [-0.4, -0.2) is 70.5 Å². The Balaban J connectivity index is 1.28. The molecule has 4 atom stereocenters. The molecule has 3 heterocycles. The molecule has 2 aromatic heterocycles. The molecular weight excluding hydrogens is 436 g/mol. The van der Waals surface area contributed by atoms with Gasteiger partial charge in [0.05, 0.1) is 12.2 Å². The summed E-state index contributed by atoms with van der Waals surface area (Å²) in [5.41, 5.74) is 1.43. The first kappa shape index (κ1) is 20.6. The van der Waals surface area contributed by atoms with Crippen molar-refractivity contribution in [2.24, 2.45) is 11.8 Å². The monoisotopic (exact) mass is 456 g/mol. The van der Waals surface area contributed by atoms with Gasteiger partial charge in [0.1, 0.15) is 12.4 Å². The third-order valence-electron chi connectivity index (χ3n) is 6.00. The number of rotatable bonds is 7. The van der Waals surface area contributed by atoms with Crippen LogP contribution in [0.4, 0.5) is 0 Å². The normalized spacial score (nSPS) is 22.4. The molecule has 0 spiro atoms. The Morgan fingerprint density at radius 2 is 2.22 bits per heavy atom. The fourth-order valence-corrected chi connectivity index (χ4v) is 4.56. The van der Waals surface area contributed by atoms with Gasteiger partial charge in [-0.1, -0.05) is 11.6 Å². The highest BCUT2D eigenvalue weighted by atomic mass is 35.5. The van der Waals surface area contributed by atoms with Crippen LogP contribution in [0.5, 0.6) is 0 Å². The Hall–Kier alpha value is -3.31. The van der Waals surface area contributed by atoms with Crippen molar-refractivity contribution in [1.82, 2.24) is 40.2 Å². The number of aromatic nitrogens is 6. The van der Waals surface area contributed by atoms with Crippen LogP contribution in [0.3, 0.4) is 0 Å². The zero-order valence-corrected chi connectivity index (χ0v) is 17.7. The maximum Gasteiger partial charge on any atom is 0.254 e. The summed E-state index contributed by atoms with van der Waals surface area (Å²) in [6.07, 6.45) is 4.36. The van der Waals surface area contributed by atoms with Crippen molar-refractivity contribution in [2.75, 3.05) is 6.54 Å². The second-order valence-electron chi connectivity index (χ2n) is 8.08. The lowest BCUT2D eigenvalue weighted by molar-refractivity contribution is -0.147. The number of fused-ring (bicyclic) bond motifs is 1. The molecule has 1 aromatic carbocycles. The number of likely N-dealkylation sites (tertiary alicyclic amines) is 1. The summed E-state index contributed by atoms with van der Waals surface area (Å²) in [5, 5.41) is 29.1. The molecule has 2 fully saturated rings. The van der Waals surface area contributed by atoms with Crippen molar-refractivity contribution < 1.29 is 14.7 Å². The molecule has 2 N–H and O–H groups in total. The molecule has 0 bridgehead atoms. The van der Waals surface area contributed by atoms with Gasteiger partial charge in [-0.05, 0) is 58.5 Å². The number of aliphatic hydroxyl groups excluding tert-OH is 1. The molecule has 32 heavy (non-hydrogen) atoms. The fourth-order valence-electron chi connectivity index (χ4n) is 4.36. The average molecular weight is 457 g/mol. The number of aliphatic hydroxyl groups is 1.